The molecular weight excluding hydrogens is 390 g/mol. The molecule has 0 aromatic heterocycles. The first-order valence-corrected chi connectivity index (χ1v) is 11.1. The van der Waals surface area contributed by atoms with Crippen LogP contribution in [0.1, 0.15) is 31.7 Å². The van der Waals surface area contributed by atoms with Crippen molar-refractivity contribution in [1.29, 1.82) is 0 Å². The van der Waals surface area contributed by atoms with Gasteiger partial charge in [0.2, 0.25) is 21.8 Å². The molecule has 1 fully saturated rings. The Morgan fingerprint density at radius 2 is 1.93 bits per heavy atom. The lowest BCUT2D eigenvalue weighted by atomic mass is 9.95. The third-order valence-electron chi connectivity index (χ3n) is 4.93. The van der Waals surface area contributed by atoms with Gasteiger partial charge in [-0.15, -0.1) is 0 Å². The number of primary amides is 1. The Bertz CT molecular complexity index is 820. The van der Waals surface area contributed by atoms with Crippen molar-refractivity contribution in [1.82, 2.24) is 4.90 Å². The molecule has 1 atom stereocenters. The maximum absolute atomic E-state index is 13.1. The second kappa shape index (κ2) is 8.48. The van der Waals surface area contributed by atoms with Gasteiger partial charge in [0.15, 0.2) is 0 Å². The lowest BCUT2D eigenvalue weighted by molar-refractivity contribution is -0.135. The highest BCUT2D eigenvalue weighted by Crippen LogP contribution is 2.29. The zero-order valence-electron chi connectivity index (χ0n) is 15.8. The Morgan fingerprint density at radius 3 is 2.37 bits per heavy atom. The molecule has 150 valence electrons. The number of nitrogens with zero attached hydrogens (tertiary/aromatic N) is 2. The van der Waals surface area contributed by atoms with Gasteiger partial charge in [-0.3, -0.25) is 13.9 Å². The van der Waals surface area contributed by atoms with E-state index in [1.165, 1.54) is 0 Å². The van der Waals surface area contributed by atoms with Crippen molar-refractivity contribution in [3.63, 3.8) is 0 Å². The number of hydrogen-bond acceptors (Lipinski definition) is 4. The molecule has 0 saturated carbocycles. The van der Waals surface area contributed by atoms with E-state index in [0.717, 1.165) is 16.1 Å². The predicted octanol–water partition coefficient (Wildman–Crippen LogP) is 1.92. The molecular formula is C18H26ClN3O4S. The minimum atomic E-state index is -3.71. The Kier molecular flexibility index (Phi) is 6.75. The molecule has 1 heterocycles. The fourth-order valence-corrected chi connectivity index (χ4v) is 4.73. The number of benzene rings is 1. The SMILES string of the molecule is CC[C@@H](C(=O)N1CCC(C(N)=O)CC1)N(c1ccc(C)c(Cl)c1)S(C)(=O)=O. The van der Waals surface area contributed by atoms with E-state index in [9.17, 15) is 18.0 Å². The highest BCUT2D eigenvalue weighted by molar-refractivity contribution is 7.92. The summed E-state index contributed by atoms with van der Waals surface area (Å²) in [7, 11) is -3.71. The average Bonchev–Trinajstić information content (AvgIpc) is 2.60. The first kappa shape index (κ1) is 21.5. The molecule has 1 aromatic rings. The summed E-state index contributed by atoms with van der Waals surface area (Å²) in [5.41, 5.74) is 6.52. The molecule has 0 radical (unpaired) electrons. The van der Waals surface area contributed by atoms with Gasteiger partial charge in [0, 0.05) is 24.0 Å². The van der Waals surface area contributed by atoms with Crippen LogP contribution in [0.5, 0.6) is 0 Å². The van der Waals surface area contributed by atoms with Gasteiger partial charge in [0.25, 0.3) is 0 Å². The maximum Gasteiger partial charge on any atom is 0.246 e. The molecule has 0 aliphatic carbocycles. The van der Waals surface area contributed by atoms with Crippen LogP contribution in [-0.2, 0) is 19.6 Å². The van der Waals surface area contributed by atoms with Crippen molar-refractivity contribution in [3.8, 4) is 0 Å². The van der Waals surface area contributed by atoms with Crippen LogP contribution >= 0.6 is 11.6 Å². The normalized spacial score (nSPS) is 16.8. The summed E-state index contributed by atoms with van der Waals surface area (Å²) in [4.78, 5) is 26.0. The fraction of sp³-hybridized carbons (Fsp3) is 0.556. The predicted molar refractivity (Wildman–Crippen MR) is 106 cm³/mol. The number of likely N-dealkylation sites (tertiary alicyclic amines) is 1. The summed E-state index contributed by atoms with van der Waals surface area (Å²) in [6.07, 6.45) is 2.38. The van der Waals surface area contributed by atoms with Crippen molar-refractivity contribution in [2.24, 2.45) is 11.7 Å². The largest absolute Gasteiger partial charge is 0.369 e. The van der Waals surface area contributed by atoms with Crippen molar-refractivity contribution in [2.75, 3.05) is 23.7 Å². The van der Waals surface area contributed by atoms with E-state index < -0.39 is 16.1 Å². The van der Waals surface area contributed by atoms with Crippen molar-refractivity contribution in [3.05, 3.63) is 28.8 Å². The average molecular weight is 416 g/mol. The fourth-order valence-electron chi connectivity index (χ4n) is 3.36. The summed E-state index contributed by atoms with van der Waals surface area (Å²) >= 11 is 6.17. The lowest BCUT2D eigenvalue weighted by Crippen LogP contribution is -2.53. The number of sulfonamides is 1. The molecule has 2 rings (SSSR count). The van der Waals surface area contributed by atoms with Crippen LogP contribution in [0.25, 0.3) is 0 Å². The summed E-state index contributed by atoms with van der Waals surface area (Å²) in [5.74, 6) is -0.875. The topological polar surface area (TPSA) is 101 Å². The van der Waals surface area contributed by atoms with E-state index in [0.29, 0.717) is 43.1 Å². The van der Waals surface area contributed by atoms with Crippen molar-refractivity contribution >= 4 is 39.1 Å². The van der Waals surface area contributed by atoms with E-state index >= 15 is 0 Å². The van der Waals surface area contributed by atoms with Gasteiger partial charge in [-0.2, -0.15) is 0 Å². The van der Waals surface area contributed by atoms with Gasteiger partial charge in [0.1, 0.15) is 6.04 Å². The zero-order valence-corrected chi connectivity index (χ0v) is 17.4. The first-order valence-electron chi connectivity index (χ1n) is 8.90. The third kappa shape index (κ3) is 4.93. The minimum absolute atomic E-state index is 0.240. The Morgan fingerprint density at radius 1 is 1.33 bits per heavy atom. The van der Waals surface area contributed by atoms with E-state index in [2.05, 4.69) is 0 Å². The molecule has 27 heavy (non-hydrogen) atoms. The summed E-state index contributed by atoms with van der Waals surface area (Å²) in [6, 6.07) is 4.07. The van der Waals surface area contributed by atoms with Crippen LogP contribution in [0.3, 0.4) is 0 Å². The number of anilines is 1. The molecule has 2 N–H and O–H groups in total. The quantitative estimate of drug-likeness (QED) is 0.766. The number of amides is 2. The van der Waals surface area contributed by atoms with Crippen LogP contribution in [0.4, 0.5) is 5.69 Å². The molecule has 7 nitrogen and oxygen atoms in total. The molecule has 1 aliphatic rings. The minimum Gasteiger partial charge on any atom is -0.369 e. The van der Waals surface area contributed by atoms with Crippen LogP contribution in [-0.4, -0.2) is 50.5 Å². The van der Waals surface area contributed by atoms with E-state index in [4.69, 9.17) is 17.3 Å². The zero-order chi connectivity index (χ0) is 20.4. The Hall–Kier alpha value is -1.80. The van der Waals surface area contributed by atoms with Crippen LogP contribution in [0.2, 0.25) is 5.02 Å². The van der Waals surface area contributed by atoms with Crippen LogP contribution < -0.4 is 10.0 Å². The summed E-state index contributed by atoms with van der Waals surface area (Å²) in [6.45, 7) is 4.36. The second-order valence-electron chi connectivity index (χ2n) is 6.92. The molecule has 1 aliphatic heterocycles. The van der Waals surface area contributed by atoms with Crippen molar-refractivity contribution < 1.29 is 18.0 Å². The lowest BCUT2D eigenvalue weighted by Gasteiger charge is -2.37. The van der Waals surface area contributed by atoms with Gasteiger partial charge >= 0.3 is 0 Å². The van der Waals surface area contributed by atoms with E-state index in [-0.39, 0.29) is 17.7 Å². The number of hydrogen-bond donors (Lipinski definition) is 1. The molecule has 0 bridgehead atoms. The molecule has 9 heteroatoms. The highest BCUT2D eigenvalue weighted by Gasteiger charge is 2.36. The number of rotatable bonds is 6. The Balaban J connectivity index is 2.31. The summed E-state index contributed by atoms with van der Waals surface area (Å²) in [5, 5.41) is 0.436. The number of nitrogens with two attached hydrogens (primary N) is 1. The van der Waals surface area contributed by atoms with Gasteiger partial charge in [-0.25, -0.2) is 8.42 Å². The molecule has 0 spiro atoms. The standard InChI is InChI=1S/C18H26ClN3O4S/c1-4-16(18(24)21-9-7-13(8-10-21)17(20)23)22(27(3,25)26)14-6-5-12(2)15(19)11-14/h5-6,11,13,16H,4,7-10H2,1-3H3,(H2,20,23)/t16-/m0/s1. The van der Waals surface area contributed by atoms with Gasteiger partial charge < -0.3 is 10.6 Å². The van der Waals surface area contributed by atoms with Crippen LogP contribution in [0.15, 0.2) is 18.2 Å². The van der Waals surface area contributed by atoms with E-state index in [1.807, 2.05) is 6.92 Å². The van der Waals surface area contributed by atoms with Crippen molar-refractivity contribution in [2.45, 2.75) is 39.2 Å². The molecule has 1 aromatic carbocycles. The Labute approximate surface area is 165 Å². The molecule has 2 amide bonds. The number of aryl methyl sites for hydroxylation is 1. The second-order valence-corrected chi connectivity index (χ2v) is 9.18. The monoisotopic (exact) mass is 415 g/mol. The van der Waals surface area contributed by atoms with Gasteiger partial charge in [-0.05, 0) is 43.9 Å². The van der Waals surface area contributed by atoms with Gasteiger partial charge in [0.05, 0.1) is 11.9 Å². The van der Waals surface area contributed by atoms with Gasteiger partial charge in [-0.1, -0.05) is 24.6 Å². The molecule has 1 saturated heterocycles. The number of carbonyl (C=O) groups excluding carboxylic acids is 2. The number of piperidine rings is 1. The maximum atomic E-state index is 13.1. The summed E-state index contributed by atoms with van der Waals surface area (Å²) < 4.78 is 26.2. The third-order valence-corrected chi connectivity index (χ3v) is 6.52. The smallest absolute Gasteiger partial charge is 0.246 e. The first-order chi connectivity index (χ1) is 12.6. The highest BCUT2D eigenvalue weighted by atomic mass is 35.5. The van der Waals surface area contributed by atoms with Crippen LogP contribution in [0, 0.1) is 12.8 Å². The molecule has 0 unspecified atom stereocenters. The van der Waals surface area contributed by atoms with E-state index in [1.54, 1.807) is 30.0 Å². The number of halogens is 1. The number of carbonyl (C=O) groups is 2.